The van der Waals surface area contributed by atoms with Crippen LogP contribution in [0.15, 0.2) is 6.07 Å². The van der Waals surface area contributed by atoms with Crippen molar-refractivity contribution < 1.29 is 13.2 Å². The maximum Gasteiger partial charge on any atom is 0.214 e. The van der Waals surface area contributed by atoms with Crippen LogP contribution in [0.2, 0.25) is 0 Å². The van der Waals surface area contributed by atoms with Gasteiger partial charge in [-0.1, -0.05) is 0 Å². The van der Waals surface area contributed by atoms with Gasteiger partial charge in [0.15, 0.2) is 0 Å². The van der Waals surface area contributed by atoms with Gasteiger partial charge in [0.25, 0.3) is 0 Å². The monoisotopic (exact) mass is 275 g/mol. The number of ether oxygens (including phenoxy) is 1. The van der Waals surface area contributed by atoms with Crippen LogP contribution >= 0.6 is 11.3 Å². The van der Waals surface area contributed by atoms with Crippen LogP contribution in [0.5, 0.6) is 5.75 Å². The minimum atomic E-state index is -3.11. The topological polar surface area (TPSA) is 55.4 Å². The smallest absolute Gasteiger partial charge is 0.214 e. The highest BCUT2D eigenvalue weighted by atomic mass is 32.2. The minimum absolute atomic E-state index is 0.167. The summed E-state index contributed by atoms with van der Waals surface area (Å²) in [4.78, 5) is 2.09. The molecule has 1 aromatic heterocycles. The number of aryl methyl sites for hydroxylation is 1. The molecule has 4 nitrogen and oxygen atoms in total. The predicted molar refractivity (Wildman–Crippen MR) is 69.0 cm³/mol. The Morgan fingerprint density at radius 1 is 1.53 bits per heavy atom. The zero-order chi connectivity index (χ0) is 12.5. The third-order valence-corrected chi connectivity index (χ3v) is 5.52. The van der Waals surface area contributed by atoms with Gasteiger partial charge in [0.2, 0.25) is 10.0 Å². The Bertz CT molecular complexity index is 489. The van der Waals surface area contributed by atoms with Crippen LogP contribution in [0.4, 0.5) is 0 Å². The van der Waals surface area contributed by atoms with Crippen molar-refractivity contribution in [3.8, 4) is 5.75 Å². The molecule has 96 valence electrons. The molecular weight excluding hydrogens is 258 g/mol. The average molecular weight is 275 g/mol. The van der Waals surface area contributed by atoms with Crippen LogP contribution in [-0.4, -0.2) is 20.3 Å². The fraction of sp³-hybridized carbons (Fsp3) is 0.636. The first-order valence-corrected chi connectivity index (χ1v) is 8.10. The second kappa shape index (κ2) is 4.96. The van der Waals surface area contributed by atoms with Gasteiger partial charge in [0.1, 0.15) is 5.75 Å². The van der Waals surface area contributed by atoms with Crippen molar-refractivity contribution in [2.45, 2.75) is 38.5 Å². The Kier molecular flexibility index (Phi) is 3.75. The summed E-state index contributed by atoms with van der Waals surface area (Å²) >= 11 is 1.58. The standard InChI is InChI=1S/C11H17NO3S2/c1-3-15-10-6-8(2)16-11(10)7-12-17(13,14)9-4-5-9/h6,9,12H,3-5,7H2,1-2H3. The Morgan fingerprint density at radius 2 is 2.24 bits per heavy atom. The van der Waals surface area contributed by atoms with Gasteiger partial charge in [-0.2, -0.15) is 0 Å². The molecule has 0 atom stereocenters. The molecule has 2 rings (SSSR count). The fourth-order valence-electron chi connectivity index (χ4n) is 1.60. The SMILES string of the molecule is CCOc1cc(C)sc1CNS(=O)(=O)C1CC1. The highest BCUT2D eigenvalue weighted by molar-refractivity contribution is 7.90. The Labute approximate surface area is 106 Å². The normalized spacial score (nSPS) is 16.1. The Morgan fingerprint density at radius 3 is 2.82 bits per heavy atom. The molecule has 1 N–H and O–H groups in total. The average Bonchev–Trinajstić information content (AvgIpc) is 3.03. The quantitative estimate of drug-likeness (QED) is 0.864. The first-order valence-electron chi connectivity index (χ1n) is 5.73. The highest BCUT2D eigenvalue weighted by Crippen LogP contribution is 2.31. The first-order chi connectivity index (χ1) is 8.03. The molecule has 1 fully saturated rings. The van der Waals surface area contributed by atoms with E-state index in [1.165, 1.54) is 0 Å². The molecule has 1 saturated carbocycles. The van der Waals surface area contributed by atoms with E-state index in [2.05, 4.69) is 4.72 Å². The van der Waals surface area contributed by atoms with Crippen molar-refractivity contribution in [3.05, 3.63) is 15.8 Å². The molecule has 0 radical (unpaired) electrons. The molecule has 0 unspecified atom stereocenters. The van der Waals surface area contributed by atoms with E-state index in [-0.39, 0.29) is 5.25 Å². The highest BCUT2D eigenvalue weighted by Gasteiger charge is 2.35. The van der Waals surface area contributed by atoms with Crippen LogP contribution in [0.3, 0.4) is 0 Å². The van der Waals surface area contributed by atoms with Crippen LogP contribution in [0.1, 0.15) is 29.5 Å². The van der Waals surface area contributed by atoms with E-state index in [4.69, 9.17) is 4.74 Å². The molecule has 1 aliphatic carbocycles. The summed E-state index contributed by atoms with van der Waals surface area (Å²) in [5.41, 5.74) is 0. The van der Waals surface area contributed by atoms with Gasteiger partial charge in [0.05, 0.1) is 16.7 Å². The lowest BCUT2D eigenvalue weighted by molar-refractivity contribution is 0.338. The number of hydrogen-bond acceptors (Lipinski definition) is 4. The molecule has 0 aromatic carbocycles. The molecular formula is C11H17NO3S2. The van der Waals surface area contributed by atoms with Crippen LogP contribution in [0, 0.1) is 6.92 Å². The zero-order valence-electron chi connectivity index (χ0n) is 10.0. The second-order valence-corrected chi connectivity index (χ2v) is 7.53. The molecule has 0 bridgehead atoms. The van der Waals surface area contributed by atoms with Gasteiger partial charge in [0, 0.05) is 11.4 Å². The van der Waals surface area contributed by atoms with Gasteiger partial charge >= 0.3 is 0 Å². The summed E-state index contributed by atoms with van der Waals surface area (Å²) in [5.74, 6) is 0.800. The lowest BCUT2D eigenvalue weighted by atomic mass is 10.4. The number of thiophene rings is 1. The van der Waals surface area contributed by atoms with Crippen LogP contribution < -0.4 is 9.46 Å². The molecule has 6 heteroatoms. The van der Waals surface area contributed by atoms with E-state index in [0.29, 0.717) is 13.2 Å². The molecule has 0 aliphatic heterocycles. The molecule has 1 aromatic rings. The number of nitrogens with one attached hydrogen (secondary N) is 1. The molecule has 0 amide bonds. The van der Waals surface area contributed by atoms with E-state index in [1.54, 1.807) is 11.3 Å². The Hall–Kier alpha value is -0.590. The van der Waals surface area contributed by atoms with E-state index in [1.807, 2.05) is 19.9 Å². The summed E-state index contributed by atoms with van der Waals surface area (Å²) in [6.45, 7) is 4.85. The maximum absolute atomic E-state index is 11.7. The molecule has 0 spiro atoms. The van der Waals surface area contributed by atoms with Crippen molar-refractivity contribution in [2.75, 3.05) is 6.61 Å². The maximum atomic E-state index is 11.7. The van der Waals surface area contributed by atoms with Crippen molar-refractivity contribution in [3.63, 3.8) is 0 Å². The summed E-state index contributed by atoms with van der Waals surface area (Å²) in [7, 11) is -3.11. The molecule has 1 heterocycles. The van der Waals surface area contributed by atoms with E-state index >= 15 is 0 Å². The third-order valence-electron chi connectivity index (χ3n) is 2.59. The summed E-state index contributed by atoms with van der Waals surface area (Å²) < 4.78 is 31.5. The van der Waals surface area contributed by atoms with Crippen molar-refractivity contribution in [2.24, 2.45) is 0 Å². The van der Waals surface area contributed by atoms with Gasteiger partial charge in [-0.05, 0) is 32.8 Å². The van der Waals surface area contributed by atoms with E-state index in [9.17, 15) is 8.42 Å². The van der Waals surface area contributed by atoms with Gasteiger partial charge < -0.3 is 4.74 Å². The Balaban J connectivity index is 2.02. The second-order valence-electron chi connectivity index (χ2n) is 4.14. The van der Waals surface area contributed by atoms with Gasteiger partial charge in [-0.25, -0.2) is 13.1 Å². The van der Waals surface area contributed by atoms with E-state index < -0.39 is 10.0 Å². The first kappa shape index (κ1) is 12.9. The van der Waals surface area contributed by atoms with Gasteiger partial charge in [-0.3, -0.25) is 0 Å². The van der Waals surface area contributed by atoms with Crippen molar-refractivity contribution in [1.29, 1.82) is 0 Å². The number of rotatable bonds is 6. The fourth-order valence-corrected chi connectivity index (χ4v) is 3.95. The zero-order valence-corrected chi connectivity index (χ0v) is 11.7. The molecule has 17 heavy (non-hydrogen) atoms. The summed E-state index contributed by atoms with van der Waals surface area (Å²) in [6.07, 6.45) is 1.58. The number of sulfonamides is 1. The molecule has 1 aliphatic rings. The summed E-state index contributed by atoms with van der Waals surface area (Å²) in [5, 5.41) is -0.167. The largest absolute Gasteiger partial charge is 0.493 e. The molecule has 0 saturated heterocycles. The van der Waals surface area contributed by atoms with Crippen LogP contribution in [-0.2, 0) is 16.6 Å². The summed E-state index contributed by atoms with van der Waals surface area (Å²) in [6, 6.07) is 1.95. The van der Waals surface area contributed by atoms with Gasteiger partial charge in [-0.15, -0.1) is 11.3 Å². The lowest BCUT2D eigenvalue weighted by Crippen LogP contribution is -2.26. The minimum Gasteiger partial charge on any atom is -0.493 e. The van der Waals surface area contributed by atoms with E-state index in [0.717, 1.165) is 28.3 Å². The number of hydrogen-bond donors (Lipinski definition) is 1. The van der Waals surface area contributed by atoms with Crippen molar-refractivity contribution >= 4 is 21.4 Å². The van der Waals surface area contributed by atoms with Crippen molar-refractivity contribution in [1.82, 2.24) is 4.72 Å². The third kappa shape index (κ3) is 3.20. The lowest BCUT2D eigenvalue weighted by Gasteiger charge is -2.06. The van der Waals surface area contributed by atoms with Crippen LogP contribution in [0.25, 0.3) is 0 Å². The predicted octanol–water partition coefficient (Wildman–Crippen LogP) is 2.04.